The van der Waals surface area contributed by atoms with Gasteiger partial charge in [-0.25, -0.2) is 18.6 Å². The summed E-state index contributed by atoms with van der Waals surface area (Å²) in [5, 5.41) is 19.9. The van der Waals surface area contributed by atoms with Crippen LogP contribution in [0.1, 0.15) is 36.4 Å². The van der Waals surface area contributed by atoms with E-state index in [4.69, 9.17) is 10.2 Å². The maximum absolute atomic E-state index is 13.3. The van der Waals surface area contributed by atoms with Gasteiger partial charge in [0.25, 0.3) is 0 Å². The van der Waals surface area contributed by atoms with Gasteiger partial charge in [0.15, 0.2) is 6.04 Å². The van der Waals surface area contributed by atoms with Gasteiger partial charge < -0.3 is 15.5 Å². The fourth-order valence-corrected chi connectivity index (χ4v) is 3.87. The summed E-state index contributed by atoms with van der Waals surface area (Å²) in [6.45, 7) is 12.6. The monoisotopic (exact) mass is 570 g/mol. The minimum atomic E-state index is -1.25. The number of nitrogens with one attached hydrogen (secondary N) is 1. The summed E-state index contributed by atoms with van der Waals surface area (Å²) < 4.78 is 26.9. The number of carboxylic acids is 1. The number of carboxylic acid groups (broad SMARTS) is 1. The molecule has 0 aliphatic carbocycles. The number of rotatable bonds is 6. The van der Waals surface area contributed by atoms with Crippen molar-refractivity contribution >= 4 is 33.9 Å². The van der Waals surface area contributed by atoms with Gasteiger partial charge in [0, 0.05) is 0 Å². The number of allylic oxidation sites excluding steroid dienone is 1. The third kappa shape index (κ3) is 11.8. The largest absolute Gasteiger partial charge is 0.480 e. The molecule has 0 spiro atoms. The summed E-state index contributed by atoms with van der Waals surface area (Å²) in [6, 6.07) is 16.9. The Morgan fingerprint density at radius 2 is 1.65 bits per heavy atom. The van der Waals surface area contributed by atoms with Crippen molar-refractivity contribution in [3.05, 3.63) is 101 Å². The average molecular weight is 571 g/mol. The van der Waals surface area contributed by atoms with Crippen LogP contribution >= 0.6 is 11.3 Å². The van der Waals surface area contributed by atoms with Crippen LogP contribution in [0.3, 0.4) is 0 Å². The molecule has 4 rings (SSSR count). The van der Waals surface area contributed by atoms with Crippen LogP contribution in [0.2, 0.25) is 0 Å². The fraction of sp³-hybridized carbons (Fsp3) is 0.258. The van der Waals surface area contributed by atoms with E-state index in [-0.39, 0.29) is 18.0 Å². The second-order valence-electron chi connectivity index (χ2n) is 8.71. The second-order valence-corrected chi connectivity index (χ2v) is 9.95. The molecule has 0 aliphatic heterocycles. The van der Waals surface area contributed by atoms with Crippen LogP contribution in [0.4, 0.5) is 8.78 Å². The van der Waals surface area contributed by atoms with Crippen molar-refractivity contribution in [2.75, 3.05) is 0 Å². The van der Waals surface area contributed by atoms with Crippen LogP contribution in [0.5, 0.6) is 0 Å². The van der Waals surface area contributed by atoms with Crippen molar-refractivity contribution in [1.82, 2.24) is 10.3 Å². The van der Waals surface area contributed by atoms with E-state index in [0.717, 1.165) is 32.8 Å². The lowest BCUT2D eigenvalue weighted by molar-refractivity contribution is -0.143. The average Bonchev–Trinajstić information content (AvgIpc) is 3.29. The van der Waals surface area contributed by atoms with E-state index in [9.17, 15) is 18.4 Å². The lowest BCUT2D eigenvalue weighted by Crippen LogP contribution is -2.43. The van der Waals surface area contributed by atoms with Gasteiger partial charge in [-0.3, -0.25) is 4.79 Å². The van der Waals surface area contributed by atoms with Crippen molar-refractivity contribution in [3.8, 4) is 11.1 Å². The molecule has 214 valence electrons. The third-order valence-corrected chi connectivity index (χ3v) is 6.23. The minimum Gasteiger partial charge on any atom is -0.480 e. The molecule has 4 aromatic rings. The summed E-state index contributed by atoms with van der Waals surface area (Å²) >= 11 is 1.52. The molecule has 1 aromatic heterocycles. The maximum atomic E-state index is 13.3. The molecule has 0 bridgehead atoms. The van der Waals surface area contributed by atoms with E-state index in [0.29, 0.717) is 5.56 Å². The molecule has 0 saturated heterocycles. The molecule has 0 saturated carbocycles. The highest BCUT2D eigenvalue weighted by Gasteiger charge is 2.21. The Hall–Kier alpha value is -3.95. The van der Waals surface area contributed by atoms with Crippen molar-refractivity contribution in [1.29, 1.82) is 0 Å². The van der Waals surface area contributed by atoms with Gasteiger partial charge in [0.2, 0.25) is 6.41 Å². The number of halogens is 2. The second kappa shape index (κ2) is 17.6. The molecule has 3 N–H and O–H groups in total. The van der Waals surface area contributed by atoms with E-state index in [1.807, 2.05) is 61.6 Å². The quantitative estimate of drug-likeness (QED) is 0.171. The number of nitrogens with zero attached hydrogens (tertiary/aromatic N) is 1. The molecule has 1 heterocycles. The predicted octanol–water partition coefficient (Wildman–Crippen LogP) is 7.00. The predicted molar refractivity (Wildman–Crippen MR) is 158 cm³/mol. The van der Waals surface area contributed by atoms with Crippen molar-refractivity contribution < 1.29 is 28.6 Å². The number of aryl methyl sites for hydroxylation is 3. The Labute approximate surface area is 238 Å². The lowest BCUT2D eigenvalue weighted by atomic mass is 10.0. The van der Waals surface area contributed by atoms with Crippen LogP contribution < -0.4 is 5.32 Å². The van der Waals surface area contributed by atoms with E-state index < -0.39 is 18.1 Å². The molecule has 0 fully saturated rings. The third-order valence-electron chi connectivity index (χ3n) is 5.30. The van der Waals surface area contributed by atoms with Crippen molar-refractivity contribution in [2.24, 2.45) is 0 Å². The van der Waals surface area contributed by atoms with Gasteiger partial charge in [-0.2, -0.15) is 0 Å². The maximum Gasteiger partial charge on any atom is 0.328 e. The van der Waals surface area contributed by atoms with Gasteiger partial charge in [0.1, 0.15) is 11.6 Å². The van der Waals surface area contributed by atoms with E-state index >= 15 is 0 Å². The highest BCUT2D eigenvalue weighted by atomic mass is 32.1. The number of benzene rings is 3. The molecule has 2 unspecified atom stereocenters. The molecule has 0 aliphatic rings. The summed E-state index contributed by atoms with van der Waals surface area (Å²) in [5.41, 5.74) is 4.77. The first-order valence-corrected chi connectivity index (χ1v) is 13.3. The number of hydrogen-bond donors (Lipinski definition) is 3. The number of carbonyl (C=O) groups is 2. The number of aliphatic carboxylic acids is 1. The van der Waals surface area contributed by atoms with Crippen LogP contribution in [-0.4, -0.2) is 39.7 Å². The standard InChI is InChI=1S/C14H13F.C8H6FNS.C5H9NO4.C4H8/c1-10-3-6-12(7-4-10)13-8-5-11(2)14(15)9-13;1-5-10-7-3-2-6(9)4-8(7)11-5;1-3(8)4(5(9)10)6-2-7;1-3-4-2/h3-9H,1-2H3;2-4H,1H3;2-4,8H,1H3,(H,6,7)(H,9,10);3H,1,4H2,2H3. The number of aliphatic hydroxyl groups excluding tert-OH is 1. The molecular formula is C31H36F2N2O4S. The molecule has 40 heavy (non-hydrogen) atoms. The van der Waals surface area contributed by atoms with Crippen LogP contribution in [0.25, 0.3) is 21.3 Å². The van der Waals surface area contributed by atoms with Crippen LogP contribution in [0, 0.1) is 32.4 Å². The first-order chi connectivity index (χ1) is 18.9. The number of thiazole rings is 1. The van der Waals surface area contributed by atoms with Gasteiger partial charge >= 0.3 is 5.97 Å². The Bertz CT molecular complexity index is 1370. The normalized spacial score (nSPS) is 11.3. The Morgan fingerprint density at radius 1 is 1.05 bits per heavy atom. The number of aromatic nitrogens is 1. The van der Waals surface area contributed by atoms with E-state index in [1.54, 1.807) is 19.1 Å². The molecule has 9 heteroatoms. The molecule has 2 atom stereocenters. The zero-order valence-corrected chi connectivity index (χ0v) is 24.1. The van der Waals surface area contributed by atoms with E-state index in [1.165, 1.54) is 36.0 Å². The SMILES string of the molecule is C=CCC.CC(O)C(NC=O)C(=O)O.Cc1ccc(-c2ccc(C)c(F)c2)cc1.Cc1nc2ccc(F)cc2s1. The highest BCUT2D eigenvalue weighted by molar-refractivity contribution is 7.18. The molecule has 3 aromatic carbocycles. The van der Waals surface area contributed by atoms with Crippen LogP contribution in [-0.2, 0) is 9.59 Å². The Kier molecular flexibility index (Phi) is 15.0. The highest BCUT2D eigenvalue weighted by Crippen LogP contribution is 2.22. The van der Waals surface area contributed by atoms with Crippen molar-refractivity contribution in [3.63, 3.8) is 0 Å². The van der Waals surface area contributed by atoms with Crippen molar-refractivity contribution in [2.45, 2.75) is 53.2 Å². The number of amides is 1. The lowest BCUT2D eigenvalue weighted by Gasteiger charge is -2.12. The topological polar surface area (TPSA) is 99.5 Å². The number of fused-ring (bicyclic) bond motifs is 1. The number of carbonyl (C=O) groups excluding carboxylic acids is 1. The summed E-state index contributed by atoms with van der Waals surface area (Å²) in [7, 11) is 0. The van der Waals surface area contributed by atoms with E-state index in [2.05, 4.69) is 18.5 Å². The fourth-order valence-electron chi connectivity index (χ4n) is 3.02. The molecule has 0 radical (unpaired) electrons. The molecule has 6 nitrogen and oxygen atoms in total. The number of aliphatic hydroxyl groups is 1. The molecule has 1 amide bonds. The summed E-state index contributed by atoms with van der Waals surface area (Å²) in [5.74, 6) is -1.59. The zero-order chi connectivity index (χ0) is 30.2. The zero-order valence-electron chi connectivity index (χ0n) is 23.3. The smallest absolute Gasteiger partial charge is 0.328 e. The summed E-state index contributed by atoms with van der Waals surface area (Å²) in [6.07, 6.45) is 2.12. The van der Waals surface area contributed by atoms with Crippen LogP contribution in [0.15, 0.2) is 73.3 Å². The van der Waals surface area contributed by atoms with Gasteiger partial charge in [-0.15, -0.1) is 17.9 Å². The Morgan fingerprint density at radius 3 is 2.12 bits per heavy atom. The minimum absolute atomic E-state index is 0.145. The summed E-state index contributed by atoms with van der Waals surface area (Å²) in [4.78, 5) is 24.1. The molecular weight excluding hydrogens is 534 g/mol. The van der Waals surface area contributed by atoms with Gasteiger partial charge in [-0.05, 0) is 75.1 Å². The first kappa shape index (κ1) is 34.1. The van der Waals surface area contributed by atoms with Gasteiger partial charge in [-0.1, -0.05) is 55.0 Å². The Balaban J connectivity index is 0.000000287. The first-order valence-electron chi connectivity index (χ1n) is 12.5. The number of hydrogen-bond acceptors (Lipinski definition) is 5. The van der Waals surface area contributed by atoms with Gasteiger partial charge in [0.05, 0.1) is 21.3 Å².